The number of benzene rings is 2. The summed E-state index contributed by atoms with van der Waals surface area (Å²) in [7, 11) is 0. The Bertz CT molecular complexity index is 1060. The average Bonchev–Trinajstić information content (AvgIpc) is 2.72. The van der Waals surface area contributed by atoms with Crippen LogP contribution in [0, 0.1) is 0 Å². The van der Waals surface area contributed by atoms with Gasteiger partial charge in [-0.3, -0.25) is 0 Å². The van der Waals surface area contributed by atoms with Crippen molar-refractivity contribution in [3.05, 3.63) is 70.8 Å². The average molecular weight is 435 g/mol. The zero-order chi connectivity index (χ0) is 19.9. The molecule has 3 aromatic rings. The molecule has 1 aromatic heterocycles. The first kappa shape index (κ1) is 19.4. The molecule has 0 amide bonds. The minimum Gasteiger partial charge on any atom is -0.163 e. The van der Waals surface area contributed by atoms with Gasteiger partial charge < -0.3 is 0 Å². The van der Waals surface area contributed by atoms with Gasteiger partial charge in [0.15, 0.2) is 11.9 Å². The maximum absolute atomic E-state index is 4.60. The van der Waals surface area contributed by atoms with E-state index in [2.05, 4.69) is 96.5 Å². The largest absolute Gasteiger partial charge is 0.226 e. The molecule has 0 bridgehead atoms. The van der Waals surface area contributed by atoms with Gasteiger partial charge in [0.2, 0.25) is 5.69 Å². The van der Waals surface area contributed by atoms with Crippen LogP contribution in [0.15, 0.2) is 59.7 Å². The molecule has 2 heterocycles. The van der Waals surface area contributed by atoms with Crippen LogP contribution in [0.5, 0.6) is 0 Å². The number of aromatic nitrogens is 1. The van der Waals surface area contributed by atoms with Crippen molar-refractivity contribution in [3.8, 4) is 11.3 Å². The lowest BCUT2D eigenvalue weighted by molar-refractivity contribution is -0.576. The van der Waals surface area contributed by atoms with Gasteiger partial charge in [-0.15, -0.1) is 0 Å². The lowest BCUT2D eigenvalue weighted by atomic mass is 9.69. The predicted molar refractivity (Wildman–Crippen MR) is 123 cm³/mol. The van der Waals surface area contributed by atoms with E-state index in [1.54, 1.807) is 0 Å². The molecule has 0 fully saturated rings. The summed E-state index contributed by atoms with van der Waals surface area (Å²) in [5.41, 5.74) is 6.67. The van der Waals surface area contributed by atoms with Gasteiger partial charge in [0.05, 0.1) is 16.4 Å². The Hall–Kier alpha value is -1.93. The van der Waals surface area contributed by atoms with Crippen molar-refractivity contribution in [3.63, 3.8) is 0 Å². The summed E-state index contributed by atoms with van der Waals surface area (Å²) in [6.45, 7) is 11.4. The number of nitrogens with zero attached hydrogens (tertiary/aromatic N) is 1. The summed E-state index contributed by atoms with van der Waals surface area (Å²) in [5.74, 6) is 0. The van der Waals surface area contributed by atoms with Crippen molar-refractivity contribution in [1.82, 2.24) is 0 Å². The molecule has 0 saturated heterocycles. The monoisotopic (exact) mass is 434 g/mol. The molecule has 1 nitrogen and oxygen atoms in total. The first-order chi connectivity index (χ1) is 13.6. The molecular formula is C26H29BrN+. The molecule has 0 radical (unpaired) electrons. The predicted octanol–water partition coefficient (Wildman–Crippen LogP) is 7.44. The summed E-state index contributed by atoms with van der Waals surface area (Å²) < 4.78 is 3.49. The molecule has 0 aliphatic carbocycles. The molecule has 144 valence electrons. The summed E-state index contributed by atoms with van der Waals surface area (Å²) in [6, 6.07) is 15.9. The van der Waals surface area contributed by atoms with Crippen LogP contribution >= 0.6 is 15.9 Å². The van der Waals surface area contributed by atoms with Crippen molar-refractivity contribution >= 4 is 32.4 Å². The van der Waals surface area contributed by atoms with Gasteiger partial charge in [-0.25, -0.2) is 0 Å². The molecule has 2 heteroatoms. The second-order valence-corrected chi connectivity index (χ2v) is 8.86. The van der Waals surface area contributed by atoms with E-state index in [-0.39, 0.29) is 5.41 Å². The third-order valence-electron chi connectivity index (χ3n) is 6.69. The van der Waals surface area contributed by atoms with Crippen molar-refractivity contribution in [2.75, 3.05) is 0 Å². The van der Waals surface area contributed by atoms with Crippen molar-refractivity contribution in [2.45, 2.75) is 58.3 Å². The number of fused-ring (bicyclic) bond motifs is 5. The highest BCUT2D eigenvalue weighted by Gasteiger charge is 2.46. The quantitative estimate of drug-likeness (QED) is 0.367. The Morgan fingerprint density at radius 3 is 2.50 bits per heavy atom. The first-order valence-electron chi connectivity index (χ1n) is 10.5. The molecule has 0 spiro atoms. The Labute approximate surface area is 177 Å². The van der Waals surface area contributed by atoms with Gasteiger partial charge in [0.25, 0.3) is 0 Å². The maximum Gasteiger partial charge on any atom is 0.226 e. The van der Waals surface area contributed by atoms with E-state index in [9.17, 15) is 0 Å². The highest BCUT2D eigenvalue weighted by atomic mass is 79.9. The Kier molecular flexibility index (Phi) is 5.18. The fourth-order valence-electron chi connectivity index (χ4n) is 5.01. The molecule has 0 unspecified atom stereocenters. The van der Waals surface area contributed by atoms with Crippen molar-refractivity contribution in [2.24, 2.45) is 0 Å². The summed E-state index contributed by atoms with van der Waals surface area (Å²) >= 11 is 3.72. The van der Waals surface area contributed by atoms with Crippen LogP contribution in [0.4, 0.5) is 0 Å². The number of halogens is 1. The number of hydrogen-bond acceptors (Lipinski definition) is 0. The van der Waals surface area contributed by atoms with E-state index in [1.807, 2.05) is 0 Å². The summed E-state index contributed by atoms with van der Waals surface area (Å²) in [6.07, 6.45) is 7.94. The van der Waals surface area contributed by atoms with Crippen molar-refractivity contribution in [1.29, 1.82) is 0 Å². The van der Waals surface area contributed by atoms with E-state index in [0.717, 1.165) is 23.7 Å². The molecule has 28 heavy (non-hydrogen) atoms. The highest BCUT2D eigenvalue weighted by Crippen LogP contribution is 2.48. The molecule has 2 aromatic carbocycles. The van der Waals surface area contributed by atoms with Crippen LogP contribution in [-0.4, -0.2) is 0 Å². The van der Waals surface area contributed by atoms with Crippen molar-refractivity contribution < 1.29 is 4.57 Å². The van der Waals surface area contributed by atoms with Gasteiger partial charge in [-0.05, 0) is 67.0 Å². The molecule has 1 aliphatic heterocycles. The molecule has 1 aliphatic rings. The first-order valence-corrected chi connectivity index (χ1v) is 11.3. The SMILES string of the molecule is C=C1[n+]2ccc3c(CCCC)cccc3c2-c2cc(Br)ccc2C1(CC)CC. The van der Waals surface area contributed by atoms with E-state index in [0.29, 0.717) is 0 Å². The molecule has 4 rings (SSSR count). The van der Waals surface area contributed by atoms with Gasteiger partial charge in [0, 0.05) is 10.5 Å². The maximum atomic E-state index is 4.60. The Morgan fingerprint density at radius 1 is 1.00 bits per heavy atom. The van der Waals surface area contributed by atoms with Crippen LogP contribution < -0.4 is 4.57 Å². The number of pyridine rings is 1. The van der Waals surface area contributed by atoms with Gasteiger partial charge in [-0.2, -0.15) is 4.57 Å². The summed E-state index contributed by atoms with van der Waals surface area (Å²) in [5, 5.41) is 2.71. The summed E-state index contributed by atoms with van der Waals surface area (Å²) in [4.78, 5) is 0. The van der Waals surface area contributed by atoms with E-state index >= 15 is 0 Å². The van der Waals surface area contributed by atoms with Crippen LogP contribution in [0.25, 0.3) is 27.7 Å². The van der Waals surface area contributed by atoms with Gasteiger partial charge in [-0.1, -0.05) is 61.3 Å². The normalized spacial score (nSPS) is 14.8. The number of allylic oxidation sites excluding steroid dienone is 1. The van der Waals surface area contributed by atoms with Crippen LogP contribution in [-0.2, 0) is 11.8 Å². The molecule has 0 saturated carbocycles. The minimum absolute atomic E-state index is 0.0127. The fraction of sp³-hybridized carbons (Fsp3) is 0.346. The van der Waals surface area contributed by atoms with E-state index in [4.69, 9.17) is 0 Å². The second kappa shape index (κ2) is 7.48. The van der Waals surface area contributed by atoms with Gasteiger partial charge in [0.1, 0.15) is 0 Å². The van der Waals surface area contributed by atoms with Crippen LogP contribution in [0.3, 0.4) is 0 Å². The van der Waals surface area contributed by atoms with Crippen LogP contribution in [0.1, 0.15) is 57.6 Å². The molecule has 0 N–H and O–H groups in total. The minimum atomic E-state index is -0.0127. The van der Waals surface area contributed by atoms with E-state index < -0.39 is 0 Å². The number of hydrogen-bond donors (Lipinski definition) is 0. The fourth-order valence-corrected chi connectivity index (χ4v) is 5.37. The Morgan fingerprint density at radius 2 is 1.79 bits per heavy atom. The lowest BCUT2D eigenvalue weighted by Gasteiger charge is -2.36. The number of rotatable bonds is 5. The smallest absolute Gasteiger partial charge is 0.163 e. The zero-order valence-corrected chi connectivity index (χ0v) is 18.8. The topological polar surface area (TPSA) is 3.88 Å². The zero-order valence-electron chi connectivity index (χ0n) is 17.2. The molecular weight excluding hydrogens is 406 g/mol. The highest BCUT2D eigenvalue weighted by molar-refractivity contribution is 9.10. The Balaban J connectivity index is 2.07. The number of aryl methyl sites for hydroxylation is 1. The standard InChI is InChI=1S/C26H29BrN/c1-5-8-10-19-11-9-12-22-21(19)15-16-28-18(4)26(6-2,7-3)24-14-13-20(27)17-23(24)25(22)28/h9,11-17H,4-8,10H2,1-3H3/q+1. The third kappa shape index (κ3) is 2.76. The van der Waals surface area contributed by atoms with E-state index in [1.165, 1.54) is 51.7 Å². The van der Waals surface area contributed by atoms with Crippen LogP contribution in [0.2, 0.25) is 0 Å². The molecule has 0 atom stereocenters. The third-order valence-corrected chi connectivity index (χ3v) is 7.18. The number of unbranched alkanes of at least 4 members (excludes halogenated alkanes) is 1. The lowest BCUT2D eigenvalue weighted by Crippen LogP contribution is -2.48. The van der Waals surface area contributed by atoms with Gasteiger partial charge >= 0.3 is 0 Å². The second-order valence-electron chi connectivity index (χ2n) is 7.94.